The van der Waals surface area contributed by atoms with Gasteiger partial charge in [-0.1, -0.05) is 27.5 Å². The topological polar surface area (TPSA) is 69.6 Å². The third-order valence-corrected chi connectivity index (χ3v) is 2.12. The number of phenolic OH excluding ortho intramolecular Hbond substituents is 1. The highest BCUT2D eigenvalue weighted by molar-refractivity contribution is 9.10. The summed E-state index contributed by atoms with van der Waals surface area (Å²) in [6, 6.07) is 2.78. The lowest BCUT2D eigenvalue weighted by molar-refractivity contribution is 0.0703. The normalized spacial score (nSPS) is 9.77. The van der Waals surface area contributed by atoms with Gasteiger partial charge in [0.05, 0.1) is 10.6 Å². The maximum Gasteiger partial charge on any atom is 0.278 e. The highest BCUT2D eigenvalue weighted by atomic mass is 79.9. The first-order chi connectivity index (χ1) is 6.06. The van der Waals surface area contributed by atoms with Gasteiger partial charge in [0.1, 0.15) is 5.75 Å². The number of benzene rings is 1. The highest BCUT2D eigenvalue weighted by Crippen LogP contribution is 2.30. The molecule has 13 heavy (non-hydrogen) atoms. The average molecular weight is 266 g/mol. The number of hydrogen-bond donors (Lipinski definition) is 3. The summed E-state index contributed by atoms with van der Waals surface area (Å²) in [5, 5.41) is 17.7. The molecule has 0 radical (unpaired) electrons. The van der Waals surface area contributed by atoms with Gasteiger partial charge in [0.2, 0.25) is 0 Å². The zero-order valence-corrected chi connectivity index (χ0v) is 8.56. The first kappa shape index (κ1) is 10.3. The fourth-order valence-corrected chi connectivity index (χ4v) is 1.61. The van der Waals surface area contributed by atoms with Gasteiger partial charge in [-0.3, -0.25) is 10.0 Å². The first-order valence-electron chi connectivity index (χ1n) is 3.18. The molecule has 3 N–H and O–H groups in total. The molecular formula is C7H5BrClNO3. The molecule has 0 atom stereocenters. The molecule has 0 aliphatic heterocycles. The van der Waals surface area contributed by atoms with Gasteiger partial charge < -0.3 is 5.11 Å². The van der Waals surface area contributed by atoms with E-state index in [2.05, 4.69) is 15.9 Å². The number of rotatable bonds is 1. The highest BCUT2D eigenvalue weighted by Gasteiger charge is 2.13. The Morgan fingerprint density at radius 2 is 2.15 bits per heavy atom. The summed E-state index contributed by atoms with van der Waals surface area (Å²) in [6.07, 6.45) is 0. The predicted octanol–water partition coefficient (Wildman–Crippen LogP) is 1.93. The molecule has 0 aliphatic carbocycles. The SMILES string of the molecule is O=C(NO)c1cc(Br)cc(Cl)c1O. The average Bonchev–Trinajstić information content (AvgIpc) is 2.10. The van der Waals surface area contributed by atoms with Crippen LogP contribution in [0.1, 0.15) is 10.4 Å². The molecule has 0 saturated carbocycles. The number of carbonyl (C=O) groups excluding carboxylic acids is 1. The molecule has 4 nitrogen and oxygen atoms in total. The van der Waals surface area contributed by atoms with Crippen molar-refractivity contribution in [3.05, 3.63) is 27.2 Å². The Hall–Kier alpha value is -0.780. The van der Waals surface area contributed by atoms with E-state index in [1.165, 1.54) is 17.6 Å². The van der Waals surface area contributed by atoms with Crippen molar-refractivity contribution in [1.29, 1.82) is 0 Å². The zero-order chi connectivity index (χ0) is 10.0. The number of nitrogens with one attached hydrogen (secondary N) is 1. The van der Waals surface area contributed by atoms with Crippen molar-refractivity contribution in [2.75, 3.05) is 0 Å². The van der Waals surface area contributed by atoms with Crippen molar-refractivity contribution >= 4 is 33.4 Å². The number of hydroxylamine groups is 1. The molecule has 0 spiro atoms. The standard InChI is InChI=1S/C7H5BrClNO3/c8-3-1-4(7(12)10-13)6(11)5(9)2-3/h1-2,11,13H,(H,10,12). The smallest absolute Gasteiger partial charge is 0.278 e. The van der Waals surface area contributed by atoms with E-state index in [1.54, 1.807) is 0 Å². The lowest BCUT2D eigenvalue weighted by Gasteiger charge is -2.04. The van der Waals surface area contributed by atoms with Gasteiger partial charge in [-0.2, -0.15) is 0 Å². The fraction of sp³-hybridized carbons (Fsp3) is 0. The van der Waals surface area contributed by atoms with Crippen LogP contribution in [0.2, 0.25) is 5.02 Å². The summed E-state index contributed by atoms with van der Waals surface area (Å²) in [5.74, 6) is -1.18. The number of phenols is 1. The predicted molar refractivity (Wildman–Crippen MR) is 50.1 cm³/mol. The third-order valence-electron chi connectivity index (χ3n) is 1.37. The molecular weight excluding hydrogens is 261 g/mol. The van der Waals surface area contributed by atoms with Crippen molar-refractivity contribution < 1.29 is 15.1 Å². The Morgan fingerprint density at radius 1 is 1.54 bits per heavy atom. The van der Waals surface area contributed by atoms with Crippen LogP contribution in [-0.2, 0) is 0 Å². The van der Waals surface area contributed by atoms with Gasteiger partial charge in [-0.05, 0) is 12.1 Å². The van der Waals surface area contributed by atoms with Crippen LogP contribution < -0.4 is 5.48 Å². The van der Waals surface area contributed by atoms with Gasteiger partial charge in [0, 0.05) is 4.47 Å². The Labute approximate surface area is 87.2 Å². The molecule has 0 unspecified atom stereocenters. The first-order valence-corrected chi connectivity index (χ1v) is 4.35. The molecule has 0 heterocycles. The monoisotopic (exact) mass is 265 g/mol. The Bertz CT molecular complexity index is 356. The molecule has 0 saturated heterocycles. The van der Waals surface area contributed by atoms with Crippen molar-refractivity contribution in [3.63, 3.8) is 0 Å². The van der Waals surface area contributed by atoms with E-state index < -0.39 is 5.91 Å². The molecule has 70 valence electrons. The van der Waals surface area contributed by atoms with E-state index in [1.807, 2.05) is 0 Å². The molecule has 0 aliphatic rings. The van der Waals surface area contributed by atoms with Gasteiger partial charge in [-0.15, -0.1) is 0 Å². The summed E-state index contributed by atoms with van der Waals surface area (Å²) in [4.78, 5) is 10.9. The quantitative estimate of drug-likeness (QED) is 0.537. The van der Waals surface area contributed by atoms with Crippen LogP contribution >= 0.6 is 27.5 Å². The van der Waals surface area contributed by atoms with Crippen molar-refractivity contribution in [2.24, 2.45) is 0 Å². The Balaban J connectivity index is 3.28. The summed E-state index contributed by atoms with van der Waals surface area (Å²) in [5.41, 5.74) is 1.30. The van der Waals surface area contributed by atoms with Crippen LogP contribution in [0.4, 0.5) is 0 Å². The number of hydrogen-bond acceptors (Lipinski definition) is 3. The van der Waals surface area contributed by atoms with Crippen molar-refractivity contribution in [1.82, 2.24) is 5.48 Å². The van der Waals surface area contributed by atoms with Crippen molar-refractivity contribution in [2.45, 2.75) is 0 Å². The van der Waals surface area contributed by atoms with E-state index in [-0.39, 0.29) is 16.3 Å². The summed E-state index contributed by atoms with van der Waals surface area (Å²) in [6.45, 7) is 0. The largest absolute Gasteiger partial charge is 0.506 e. The van der Waals surface area contributed by atoms with Crippen LogP contribution in [-0.4, -0.2) is 16.2 Å². The maximum absolute atomic E-state index is 10.9. The van der Waals surface area contributed by atoms with Crippen LogP contribution in [0.5, 0.6) is 5.75 Å². The number of halogens is 2. The van der Waals surface area contributed by atoms with E-state index in [4.69, 9.17) is 16.8 Å². The Kier molecular flexibility index (Phi) is 3.13. The maximum atomic E-state index is 10.9. The number of amides is 1. The van der Waals surface area contributed by atoms with Gasteiger partial charge in [0.25, 0.3) is 5.91 Å². The van der Waals surface area contributed by atoms with Crippen molar-refractivity contribution in [3.8, 4) is 5.75 Å². The molecule has 1 rings (SSSR count). The molecule has 0 aromatic heterocycles. The zero-order valence-electron chi connectivity index (χ0n) is 6.21. The van der Waals surface area contributed by atoms with Crippen LogP contribution in [0, 0.1) is 0 Å². The molecule has 1 aromatic carbocycles. The van der Waals surface area contributed by atoms with Gasteiger partial charge >= 0.3 is 0 Å². The second-order valence-corrected chi connectivity index (χ2v) is 3.55. The van der Waals surface area contributed by atoms with Gasteiger partial charge in [-0.25, -0.2) is 5.48 Å². The molecule has 1 amide bonds. The second-order valence-electron chi connectivity index (χ2n) is 2.22. The summed E-state index contributed by atoms with van der Waals surface area (Å²) >= 11 is 8.67. The van der Waals surface area contributed by atoms with E-state index >= 15 is 0 Å². The Morgan fingerprint density at radius 3 is 2.69 bits per heavy atom. The van der Waals surface area contributed by atoms with Crippen LogP contribution in [0.15, 0.2) is 16.6 Å². The minimum Gasteiger partial charge on any atom is -0.506 e. The summed E-state index contributed by atoms with van der Waals surface area (Å²) < 4.78 is 0.536. The van der Waals surface area contributed by atoms with E-state index in [0.717, 1.165) is 0 Å². The molecule has 0 fully saturated rings. The molecule has 0 bridgehead atoms. The van der Waals surface area contributed by atoms with E-state index in [9.17, 15) is 9.90 Å². The molecule has 1 aromatic rings. The lowest BCUT2D eigenvalue weighted by atomic mass is 10.2. The number of aromatic hydroxyl groups is 1. The van der Waals surface area contributed by atoms with Gasteiger partial charge in [0.15, 0.2) is 0 Å². The summed E-state index contributed by atoms with van der Waals surface area (Å²) in [7, 11) is 0. The lowest BCUT2D eigenvalue weighted by Crippen LogP contribution is -2.18. The minimum absolute atomic E-state index is 0.0352. The fourth-order valence-electron chi connectivity index (χ4n) is 0.799. The van der Waals surface area contributed by atoms with E-state index in [0.29, 0.717) is 4.47 Å². The van der Waals surface area contributed by atoms with Crippen LogP contribution in [0.25, 0.3) is 0 Å². The van der Waals surface area contributed by atoms with Crippen LogP contribution in [0.3, 0.4) is 0 Å². The second kappa shape index (κ2) is 3.95. The number of carbonyl (C=O) groups is 1. The third kappa shape index (κ3) is 2.12. The minimum atomic E-state index is -0.819. The molecule has 6 heteroatoms.